The Hall–Kier alpha value is 0.517. The van der Waals surface area contributed by atoms with Crippen LogP contribution < -0.4 is 35.2 Å². The Morgan fingerprint density at radius 3 is 1.32 bits per heavy atom. The van der Waals surface area contributed by atoms with Gasteiger partial charge in [0.2, 0.25) is 0 Å². The molecule has 0 saturated carbocycles. The number of hydrogen-bond acceptors (Lipinski definition) is 2. The first-order valence-electron chi connectivity index (χ1n) is 8.21. The molecule has 0 aliphatic carbocycles. The summed E-state index contributed by atoms with van der Waals surface area (Å²) in [4.78, 5) is 0. The van der Waals surface area contributed by atoms with Crippen molar-refractivity contribution in [3.05, 3.63) is 47.5 Å². The van der Waals surface area contributed by atoms with Gasteiger partial charge in [0.1, 0.15) is 0 Å². The molecule has 2 aromatic carbocycles. The SMILES string of the molecule is C[SiH](C)[c-]1cccc1CCO.C[SiH](C)[c-]1cccc1CCO.[Cl-].[Cl-].[Zr+4]. The fourth-order valence-electron chi connectivity index (χ4n) is 2.77. The molecule has 0 atom stereocenters. The third-order valence-electron chi connectivity index (χ3n) is 3.89. The Kier molecular flexibility index (Phi) is 20.2. The first-order valence-corrected chi connectivity index (χ1v) is 14.0. The Balaban J connectivity index is -0.000000346. The minimum atomic E-state index is -0.662. The van der Waals surface area contributed by atoms with E-state index in [9.17, 15) is 0 Å². The van der Waals surface area contributed by atoms with E-state index in [1.807, 2.05) is 0 Å². The van der Waals surface area contributed by atoms with E-state index in [1.165, 1.54) is 21.5 Å². The molecule has 7 heteroatoms. The predicted octanol–water partition coefficient (Wildman–Crippen LogP) is -4.73. The van der Waals surface area contributed by atoms with Crippen molar-refractivity contribution in [2.75, 3.05) is 13.2 Å². The molecular weight excluding hydrogens is 466 g/mol. The summed E-state index contributed by atoms with van der Waals surface area (Å²) in [5.74, 6) is 0. The Morgan fingerprint density at radius 1 is 0.760 bits per heavy atom. The van der Waals surface area contributed by atoms with Crippen LogP contribution in [0.15, 0.2) is 36.4 Å². The van der Waals surface area contributed by atoms with Gasteiger partial charge in [-0.2, -0.15) is 33.6 Å². The second kappa shape index (κ2) is 16.7. The first-order chi connectivity index (χ1) is 10.5. The van der Waals surface area contributed by atoms with Crippen LogP contribution in [0.4, 0.5) is 0 Å². The number of aliphatic hydroxyl groups is 2. The van der Waals surface area contributed by atoms with Crippen LogP contribution in [-0.2, 0) is 39.0 Å². The van der Waals surface area contributed by atoms with E-state index in [-0.39, 0.29) is 64.2 Å². The molecule has 0 bridgehead atoms. The molecule has 0 saturated heterocycles. The molecule has 0 aromatic heterocycles. The van der Waals surface area contributed by atoms with Crippen LogP contribution in [0.5, 0.6) is 0 Å². The predicted molar refractivity (Wildman–Crippen MR) is 103 cm³/mol. The largest absolute Gasteiger partial charge is 4.00 e. The molecule has 2 aromatic rings. The van der Waals surface area contributed by atoms with Gasteiger partial charge in [-0.15, -0.1) is 0 Å². The quantitative estimate of drug-likeness (QED) is 0.312. The van der Waals surface area contributed by atoms with Gasteiger partial charge < -0.3 is 35.0 Å². The maximum Gasteiger partial charge on any atom is 4.00 e. The van der Waals surface area contributed by atoms with Crippen LogP contribution in [0.3, 0.4) is 0 Å². The van der Waals surface area contributed by atoms with Crippen molar-refractivity contribution in [1.82, 2.24) is 0 Å². The van der Waals surface area contributed by atoms with Crippen LogP contribution in [-0.4, -0.2) is 41.0 Å². The third kappa shape index (κ3) is 10.4. The van der Waals surface area contributed by atoms with Gasteiger partial charge in [-0.05, 0) is 12.8 Å². The molecule has 0 fully saturated rings. The molecule has 0 aliphatic heterocycles. The molecular formula is C18H30Cl2O2Si2Zr. The van der Waals surface area contributed by atoms with E-state index in [4.69, 9.17) is 10.2 Å². The fraction of sp³-hybridized carbons (Fsp3) is 0.444. The molecule has 0 unspecified atom stereocenters. The first kappa shape index (κ1) is 30.3. The Morgan fingerprint density at radius 2 is 1.08 bits per heavy atom. The summed E-state index contributed by atoms with van der Waals surface area (Å²) in [6.07, 6.45) is 1.65. The summed E-state index contributed by atoms with van der Waals surface area (Å²) in [7, 11) is -1.32. The van der Waals surface area contributed by atoms with E-state index in [2.05, 4.69) is 62.6 Å². The Bertz CT molecular complexity index is 494. The van der Waals surface area contributed by atoms with Crippen molar-refractivity contribution in [3.63, 3.8) is 0 Å². The molecule has 0 heterocycles. The second-order valence-corrected chi connectivity index (χ2v) is 12.1. The minimum absolute atomic E-state index is 0. The van der Waals surface area contributed by atoms with Gasteiger partial charge >= 0.3 is 26.2 Å². The average molecular weight is 497 g/mol. The molecule has 0 radical (unpaired) electrons. The fourth-order valence-corrected chi connectivity index (χ4v) is 5.72. The zero-order valence-corrected chi connectivity index (χ0v) is 21.9. The van der Waals surface area contributed by atoms with Gasteiger partial charge in [-0.1, -0.05) is 26.2 Å². The summed E-state index contributed by atoms with van der Waals surface area (Å²) in [6, 6.07) is 12.8. The van der Waals surface area contributed by atoms with Crippen LogP contribution in [0.1, 0.15) is 11.1 Å². The summed E-state index contributed by atoms with van der Waals surface area (Å²) in [5.41, 5.74) is 2.71. The molecule has 25 heavy (non-hydrogen) atoms. The van der Waals surface area contributed by atoms with Crippen molar-refractivity contribution in [3.8, 4) is 0 Å². The normalized spacial score (nSPS) is 9.60. The molecule has 0 amide bonds. The van der Waals surface area contributed by atoms with Crippen LogP contribution >= 0.6 is 0 Å². The van der Waals surface area contributed by atoms with Gasteiger partial charge in [-0.25, -0.2) is 24.3 Å². The van der Waals surface area contributed by atoms with Crippen LogP contribution in [0, 0.1) is 0 Å². The zero-order valence-electron chi connectivity index (χ0n) is 15.6. The van der Waals surface area contributed by atoms with Crippen molar-refractivity contribution < 1.29 is 61.2 Å². The van der Waals surface area contributed by atoms with Gasteiger partial charge in [0.15, 0.2) is 0 Å². The smallest absolute Gasteiger partial charge is 1.00 e. The molecule has 2 nitrogen and oxygen atoms in total. The topological polar surface area (TPSA) is 40.5 Å². The average Bonchev–Trinajstić information content (AvgIpc) is 3.09. The van der Waals surface area contributed by atoms with Crippen molar-refractivity contribution in [2.24, 2.45) is 0 Å². The van der Waals surface area contributed by atoms with E-state index in [1.54, 1.807) is 0 Å². The molecule has 2 rings (SSSR count). The molecule has 0 aliphatic rings. The van der Waals surface area contributed by atoms with E-state index >= 15 is 0 Å². The molecule has 2 N–H and O–H groups in total. The van der Waals surface area contributed by atoms with Crippen LogP contribution in [0.25, 0.3) is 0 Å². The summed E-state index contributed by atoms with van der Waals surface area (Å²) in [6.45, 7) is 9.81. The van der Waals surface area contributed by atoms with E-state index in [0.29, 0.717) is 0 Å². The van der Waals surface area contributed by atoms with Gasteiger partial charge in [-0.3, -0.25) is 0 Å². The van der Waals surface area contributed by atoms with Gasteiger partial charge in [0.05, 0.1) is 0 Å². The standard InChI is InChI=1S/2C9H15OSi.2ClH.Zr/c2*1-11(2)9-5-3-4-8(9)6-7-10;;;/h2*3-5,10-11H,6-7H2,1-2H3;2*1H;/q2*-1;;;+4/p-2. The van der Waals surface area contributed by atoms with E-state index < -0.39 is 17.6 Å². The van der Waals surface area contributed by atoms with Gasteiger partial charge in [0.25, 0.3) is 0 Å². The summed E-state index contributed by atoms with van der Waals surface area (Å²) in [5, 5.41) is 20.5. The van der Waals surface area contributed by atoms with Crippen molar-refractivity contribution >= 4 is 28.0 Å². The maximum atomic E-state index is 8.76. The van der Waals surface area contributed by atoms with Crippen molar-refractivity contribution in [2.45, 2.75) is 39.0 Å². The molecule has 0 spiro atoms. The zero-order chi connectivity index (χ0) is 16.5. The molecule has 140 valence electrons. The van der Waals surface area contributed by atoms with E-state index in [0.717, 1.165) is 12.8 Å². The Labute approximate surface area is 187 Å². The van der Waals surface area contributed by atoms with Crippen LogP contribution in [0.2, 0.25) is 26.2 Å². The van der Waals surface area contributed by atoms with Gasteiger partial charge in [0, 0.05) is 30.8 Å². The number of aliphatic hydroxyl groups excluding tert-OH is 2. The monoisotopic (exact) mass is 494 g/mol. The number of rotatable bonds is 6. The maximum absolute atomic E-state index is 8.76. The minimum Gasteiger partial charge on any atom is -1.00 e. The summed E-state index contributed by atoms with van der Waals surface area (Å²) < 4.78 is 0. The third-order valence-corrected chi connectivity index (χ3v) is 7.51. The second-order valence-electron chi connectivity index (χ2n) is 6.27. The summed E-state index contributed by atoms with van der Waals surface area (Å²) >= 11 is 0. The number of hydrogen-bond donors (Lipinski definition) is 2. The van der Waals surface area contributed by atoms with Crippen molar-refractivity contribution in [1.29, 1.82) is 0 Å². The number of halogens is 2.